The van der Waals surface area contributed by atoms with Crippen LogP contribution in [0.15, 0.2) is 54.7 Å². The van der Waals surface area contributed by atoms with Gasteiger partial charge in [-0.2, -0.15) is 5.10 Å². The summed E-state index contributed by atoms with van der Waals surface area (Å²) in [6, 6.07) is 14.2. The maximum Gasteiger partial charge on any atom is 0.328 e. The molecule has 3 saturated heterocycles. The lowest BCUT2D eigenvalue weighted by Gasteiger charge is -2.54. The van der Waals surface area contributed by atoms with Gasteiger partial charge in [0, 0.05) is 42.1 Å². The van der Waals surface area contributed by atoms with E-state index in [0.717, 1.165) is 79.8 Å². The second-order valence-electron chi connectivity index (χ2n) is 12.1. The Labute approximate surface area is 235 Å². The molecule has 7 rings (SSSR count). The molecule has 40 heavy (non-hydrogen) atoms. The molecule has 0 atom stereocenters. The molecule has 210 valence electrons. The summed E-state index contributed by atoms with van der Waals surface area (Å²) in [5.41, 5.74) is 3.55. The lowest BCUT2D eigenvalue weighted by atomic mass is 9.64. The number of hydrogen-bond donors (Lipinski definition) is 1. The van der Waals surface area contributed by atoms with E-state index in [1.807, 2.05) is 47.1 Å². The van der Waals surface area contributed by atoms with Gasteiger partial charge in [0.25, 0.3) is 0 Å². The number of aliphatic carboxylic acids is 1. The Kier molecular flexibility index (Phi) is 7.00. The summed E-state index contributed by atoms with van der Waals surface area (Å²) in [4.78, 5) is 29.5. The highest BCUT2D eigenvalue weighted by molar-refractivity contribution is 5.95. The van der Waals surface area contributed by atoms with Gasteiger partial charge in [-0.15, -0.1) is 0 Å². The molecule has 8 heteroatoms. The van der Waals surface area contributed by atoms with Gasteiger partial charge < -0.3 is 19.6 Å². The number of amides is 1. The zero-order valence-corrected chi connectivity index (χ0v) is 23.4. The zero-order valence-electron chi connectivity index (χ0n) is 23.4. The van der Waals surface area contributed by atoms with Crippen LogP contribution in [0.2, 0.25) is 0 Å². The third-order valence-corrected chi connectivity index (χ3v) is 9.47. The van der Waals surface area contributed by atoms with Crippen molar-refractivity contribution in [1.82, 2.24) is 14.7 Å². The first-order chi connectivity index (χ1) is 19.3. The molecule has 4 fully saturated rings. The molecule has 1 aromatic heterocycles. The Balaban J connectivity index is 1.25. The van der Waals surface area contributed by atoms with Gasteiger partial charge in [0.15, 0.2) is 0 Å². The van der Waals surface area contributed by atoms with Crippen molar-refractivity contribution in [3.63, 3.8) is 0 Å². The predicted molar refractivity (Wildman–Crippen MR) is 155 cm³/mol. The van der Waals surface area contributed by atoms with Crippen molar-refractivity contribution in [1.29, 1.82) is 0 Å². The second-order valence-corrected chi connectivity index (χ2v) is 12.1. The van der Waals surface area contributed by atoms with Gasteiger partial charge >= 0.3 is 5.97 Å². The highest BCUT2D eigenvalue weighted by Crippen LogP contribution is 2.54. The third-order valence-electron chi connectivity index (χ3n) is 9.47. The molecule has 2 bridgehead atoms. The van der Waals surface area contributed by atoms with Crippen LogP contribution in [-0.4, -0.2) is 65.0 Å². The van der Waals surface area contributed by atoms with E-state index in [0.29, 0.717) is 13.2 Å². The van der Waals surface area contributed by atoms with Gasteiger partial charge in [0.05, 0.1) is 23.9 Å². The zero-order chi connectivity index (χ0) is 27.9. The van der Waals surface area contributed by atoms with Gasteiger partial charge in [-0.05, 0) is 100 Å². The third kappa shape index (κ3) is 5.06. The van der Waals surface area contributed by atoms with E-state index in [4.69, 9.17) is 9.84 Å². The monoisotopic (exact) mass is 542 g/mol. The number of aromatic nitrogens is 2. The molecule has 3 aromatic rings. The summed E-state index contributed by atoms with van der Waals surface area (Å²) in [6.45, 7) is 3.07. The molecule has 0 spiro atoms. The van der Waals surface area contributed by atoms with Crippen molar-refractivity contribution in [3.05, 3.63) is 65.9 Å². The van der Waals surface area contributed by atoms with Crippen LogP contribution in [0, 0.1) is 11.3 Å². The van der Waals surface area contributed by atoms with E-state index < -0.39 is 5.97 Å². The van der Waals surface area contributed by atoms with E-state index >= 15 is 0 Å². The van der Waals surface area contributed by atoms with Crippen LogP contribution in [0.25, 0.3) is 17.0 Å². The van der Waals surface area contributed by atoms with Crippen molar-refractivity contribution < 1.29 is 19.4 Å². The lowest BCUT2D eigenvalue weighted by Crippen LogP contribution is -2.55. The average Bonchev–Trinajstić information content (AvgIpc) is 3.36. The Morgan fingerprint density at radius 2 is 1.88 bits per heavy atom. The number of nitrogens with zero attached hydrogens (tertiary/aromatic N) is 4. The topological polar surface area (TPSA) is 87.9 Å². The SMILES string of the molecule is CN1CCC(C(=O)N(CC23CCC(c4ccc5c(cnn5C)c4)(CC2)OC3)c2cccc(C=CC(=O)O)c2)CC1. The van der Waals surface area contributed by atoms with Crippen molar-refractivity contribution in [3.8, 4) is 0 Å². The van der Waals surface area contributed by atoms with E-state index in [1.54, 1.807) is 6.08 Å². The summed E-state index contributed by atoms with van der Waals surface area (Å²) >= 11 is 0. The standard InChI is InChI=1S/C32H38N4O4/c1-34-16-10-24(11-17-34)30(39)36(27-5-3-4-23(18-27)6-9-29(37)38)21-31-12-14-32(15-13-31,40-22-31)26-7-8-28-25(19-26)20-33-35(28)2/h3-9,18-20,24H,10-17,21-22H2,1-2H3,(H,37,38). The molecule has 3 aliphatic heterocycles. The maximum absolute atomic E-state index is 14.1. The van der Waals surface area contributed by atoms with E-state index in [1.165, 1.54) is 5.56 Å². The predicted octanol–water partition coefficient (Wildman–Crippen LogP) is 4.83. The van der Waals surface area contributed by atoms with Gasteiger partial charge in [-0.3, -0.25) is 9.48 Å². The normalized spacial score (nSPS) is 25.6. The van der Waals surface area contributed by atoms with Gasteiger partial charge in [0.1, 0.15) is 0 Å². The van der Waals surface area contributed by atoms with Gasteiger partial charge in [-0.1, -0.05) is 18.2 Å². The first kappa shape index (κ1) is 26.7. The van der Waals surface area contributed by atoms with Crippen molar-refractivity contribution in [2.75, 3.05) is 38.2 Å². The van der Waals surface area contributed by atoms with Crippen LogP contribution >= 0.6 is 0 Å². The molecule has 0 radical (unpaired) electrons. The summed E-state index contributed by atoms with van der Waals surface area (Å²) in [5.74, 6) is -0.827. The number of fused-ring (bicyclic) bond motifs is 4. The number of carbonyl (C=O) groups excluding carboxylic acids is 1. The second kappa shape index (κ2) is 10.5. The Morgan fingerprint density at radius 1 is 1.10 bits per heavy atom. The number of hydrogen-bond acceptors (Lipinski definition) is 5. The molecule has 0 unspecified atom stereocenters. The smallest absolute Gasteiger partial charge is 0.328 e. The van der Waals surface area contributed by atoms with E-state index in [-0.39, 0.29) is 22.8 Å². The first-order valence-electron chi connectivity index (χ1n) is 14.3. The minimum absolute atomic E-state index is 0.00998. The number of likely N-dealkylation sites (tertiary alicyclic amines) is 1. The van der Waals surface area contributed by atoms with Crippen molar-refractivity contribution >= 4 is 34.5 Å². The van der Waals surface area contributed by atoms with Crippen LogP contribution in [-0.2, 0) is 27.0 Å². The first-order valence-corrected chi connectivity index (χ1v) is 14.3. The lowest BCUT2D eigenvalue weighted by molar-refractivity contribution is -0.186. The molecular formula is C32H38N4O4. The van der Waals surface area contributed by atoms with Crippen LogP contribution in [0.5, 0.6) is 0 Å². The Hall–Kier alpha value is -3.49. The average molecular weight is 543 g/mol. The van der Waals surface area contributed by atoms with E-state index in [2.05, 4.69) is 35.2 Å². The molecule has 4 heterocycles. The molecule has 2 aromatic carbocycles. The summed E-state index contributed by atoms with van der Waals surface area (Å²) in [6.07, 6.45) is 10.2. The largest absolute Gasteiger partial charge is 0.478 e. The molecule has 1 amide bonds. The number of carboxylic acid groups (broad SMARTS) is 1. The minimum Gasteiger partial charge on any atom is -0.478 e. The molecule has 4 aliphatic rings. The highest BCUT2D eigenvalue weighted by atomic mass is 16.5. The van der Waals surface area contributed by atoms with Crippen LogP contribution in [0.4, 0.5) is 5.69 Å². The fourth-order valence-electron chi connectivity index (χ4n) is 6.86. The molecule has 1 N–H and O–H groups in total. The minimum atomic E-state index is -0.990. The number of anilines is 1. The fraction of sp³-hybridized carbons (Fsp3) is 0.469. The number of carboxylic acids is 1. The quantitative estimate of drug-likeness (QED) is 0.430. The summed E-state index contributed by atoms with van der Waals surface area (Å²) in [5, 5.41) is 14.6. The molecule has 1 aliphatic carbocycles. The van der Waals surface area contributed by atoms with Crippen molar-refractivity contribution in [2.24, 2.45) is 18.4 Å². The molecular weight excluding hydrogens is 504 g/mol. The highest BCUT2D eigenvalue weighted by Gasteiger charge is 2.52. The Morgan fingerprint density at radius 3 is 2.58 bits per heavy atom. The van der Waals surface area contributed by atoms with Crippen LogP contribution in [0.1, 0.15) is 49.7 Å². The van der Waals surface area contributed by atoms with Crippen LogP contribution < -0.4 is 4.90 Å². The summed E-state index contributed by atoms with van der Waals surface area (Å²) < 4.78 is 8.62. The number of rotatable bonds is 7. The number of piperidine rings is 1. The van der Waals surface area contributed by atoms with E-state index in [9.17, 15) is 9.59 Å². The molecule has 1 saturated carbocycles. The number of benzene rings is 2. The number of carbonyl (C=O) groups is 2. The Bertz CT molecular complexity index is 1430. The number of aryl methyl sites for hydroxylation is 1. The maximum atomic E-state index is 14.1. The van der Waals surface area contributed by atoms with Crippen molar-refractivity contribution in [2.45, 2.75) is 44.1 Å². The van der Waals surface area contributed by atoms with Gasteiger partial charge in [-0.25, -0.2) is 4.79 Å². The fourth-order valence-corrected chi connectivity index (χ4v) is 6.86. The number of ether oxygens (including phenoxy) is 1. The summed E-state index contributed by atoms with van der Waals surface area (Å²) in [7, 11) is 4.07. The van der Waals surface area contributed by atoms with Gasteiger partial charge in [0.2, 0.25) is 5.91 Å². The van der Waals surface area contributed by atoms with Crippen LogP contribution in [0.3, 0.4) is 0 Å². The molecule has 8 nitrogen and oxygen atoms in total.